The number of aryl methyl sites for hydroxylation is 2. The van der Waals surface area contributed by atoms with Crippen molar-refractivity contribution in [2.45, 2.75) is 13.8 Å². The van der Waals surface area contributed by atoms with Crippen molar-refractivity contribution in [3.8, 4) is 0 Å². The minimum absolute atomic E-state index is 0.152. The largest absolute Gasteiger partial charge is 0.350 e. The van der Waals surface area contributed by atoms with Crippen molar-refractivity contribution >= 4 is 23.2 Å². The quantitative estimate of drug-likeness (QED) is 0.582. The van der Waals surface area contributed by atoms with Gasteiger partial charge in [-0.25, -0.2) is 0 Å². The summed E-state index contributed by atoms with van der Waals surface area (Å²) in [5, 5.41) is 23.9. The van der Waals surface area contributed by atoms with Crippen molar-refractivity contribution < 1.29 is 14.5 Å². The standard InChI is InChI=1S/C14H19N7O4/c1-8(2)5-15-13(22)11-9(6-16-19(11)3)18-14(23)12-10(21(24)25)7-17-20(12)4/h6-8H,5H2,1-4H3,(H,15,22)(H,18,23). The predicted molar refractivity (Wildman–Crippen MR) is 88.2 cm³/mol. The molecule has 134 valence electrons. The van der Waals surface area contributed by atoms with Crippen LogP contribution in [0.25, 0.3) is 0 Å². The number of carbonyl (C=O) groups is 2. The topological polar surface area (TPSA) is 137 Å². The third-order valence-electron chi connectivity index (χ3n) is 3.40. The Morgan fingerprint density at radius 1 is 1.16 bits per heavy atom. The van der Waals surface area contributed by atoms with Gasteiger partial charge in [0.15, 0.2) is 0 Å². The summed E-state index contributed by atoms with van der Waals surface area (Å²) < 4.78 is 2.42. The number of amides is 2. The van der Waals surface area contributed by atoms with Crippen LogP contribution in [-0.2, 0) is 14.1 Å². The lowest BCUT2D eigenvalue weighted by atomic mass is 10.2. The average Bonchev–Trinajstić information content (AvgIpc) is 3.08. The van der Waals surface area contributed by atoms with E-state index < -0.39 is 22.4 Å². The number of nitrogens with one attached hydrogen (secondary N) is 2. The van der Waals surface area contributed by atoms with Crippen molar-refractivity contribution in [3.63, 3.8) is 0 Å². The second-order valence-corrected chi connectivity index (χ2v) is 5.85. The van der Waals surface area contributed by atoms with Crippen molar-refractivity contribution in [1.29, 1.82) is 0 Å². The van der Waals surface area contributed by atoms with Crippen LogP contribution in [0.4, 0.5) is 11.4 Å². The molecule has 0 aromatic carbocycles. The summed E-state index contributed by atoms with van der Waals surface area (Å²) in [7, 11) is 2.98. The van der Waals surface area contributed by atoms with Crippen LogP contribution in [0.5, 0.6) is 0 Å². The number of anilines is 1. The first-order valence-corrected chi connectivity index (χ1v) is 7.50. The normalized spacial score (nSPS) is 10.8. The molecule has 25 heavy (non-hydrogen) atoms. The Morgan fingerprint density at radius 2 is 1.76 bits per heavy atom. The average molecular weight is 349 g/mol. The van der Waals surface area contributed by atoms with Gasteiger partial charge in [0.2, 0.25) is 5.69 Å². The molecule has 2 aromatic rings. The molecule has 11 nitrogen and oxygen atoms in total. The molecule has 2 N–H and O–H groups in total. The lowest BCUT2D eigenvalue weighted by molar-refractivity contribution is -0.385. The van der Waals surface area contributed by atoms with E-state index in [0.717, 1.165) is 10.9 Å². The van der Waals surface area contributed by atoms with Gasteiger partial charge < -0.3 is 10.6 Å². The Morgan fingerprint density at radius 3 is 2.36 bits per heavy atom. The maximum atomic E-state index is 12.4. The molecule has 0 spiro atoms. The maximum absolute atomic E-state index is 12.4. The SMILES string of the molecule is CC(C)CNC(=O)c1c(NC(=O)c2c([N+](=O)[O-])cnn2C)cnn1C. The number of rotatable bonds is 6. The molecule has 2 heterocycles. The molecule has 2 rings (SSSR count). The van der Waals surface area contributed by atoms with Crippen LogP contribution in [0, 0.1) is 16.0 Å². The predicted octanol–water partition coefficient (Wildman–Crippen LogP) is 0.700. The zero-order valence-electron chi connectivity index (χ0n) is 14.3. The van der Waals surface area contributed by atoms with Crippen LogP contribution in [0.15, 0.2) is 12.4 Å². The van der Waals surface area contributed by atoms with Gasteiger partial charge in [-0.3, -0.25) is 29.1 Å². The van der Waals surface area contributed by atoms with Gasteiger partial charge in [0.25, 0.3) is 11.8 Å². The summed E-state index contributed by atoms with van der Waals surface area (Å²) in [6.45, 7) is 4.37. The lowest BCUT2D eigenvalue weighted by Gasteiger charge is -2.10. The highest BCUT2D eigenvalue weighted by Crippen LogP contribution is 2.20. The van der Waals surface area contributed by atoms with E-state index in [2.05, 4.69) is 20.8 Å². The highest BCUT2D eigenvalue weighted by atomic mass is 16.6. The fourth-order valence-electron chi connectivity index (χ4n) is 2.18. The van der Waals surface area contributed by atoms with E-state index in [1.165, 1.54) is 17.9 Å². The highest BCUT2D eigenvalue weighted by molar-refractivity contribution is 6.09. The molecule has 0 aliphatic carbocycles. The minimum Gasteiger partial charge on any atom is -0.350 e. The van der Waals surface area contributed by atoms with Crippen LogP contribution < -0.4 is 10.6 Å². The van der Waals surface area contributed by atoms with Gasteiger partial charge >= 0.3 is 5.69 Å². The third-order valence-corrected chi connectivity index (χ3v) is 3.40. The number of aromatic nitrogens is 4. The Kier molecular flexibility index (Phi) is 5.15. The van der Waals surface area contributed by atoms with E-state index in [0.29, 0.717) is 6.54 Å². The molecule has 0 saturated carbocycles. The van der Waals surface area contributed by atoms with Crippen LogP contribution >= 0.6 is 0 Å². The first-order valence-electron chi connectivity index (χ1n) is 7.50. The molecule has 0 fully saturated rings. The van der Waals surface area contributed by atoms with Gasteiger partial charge in [-0.2, -0.15) is 10.2 Å². The minimum atomic E-state index is -0.752. The van der Waals surface area contributed by atoms with E-state index in [4.69, 9.17) is 0 Å². The molecule has 2 aromatic heterocycles. The summed E-state index contributed by atoms with van der Waals surface area (Å²) in [5.74, 6) is -0.895. The highest BCUT2D eigenvalue weighted by Gasteiger charge is 2.27. The Bertz CT molecular complexity index is 821. The van der Waals surface area contributed by atoms with Crippen LogP contribution in [0.1, 0.15) is 34.8 Å². The second kappa shape index (κ2) is 7.11. The van der Waals surface area contributed by atoms with E-state index in [1.807, 2.05) is 13.8 Å². The number of hydrogen-bond acceptors (Lipinski definition) is 6. The molecule has 0 aliphatic rings. The molecular formula is C14H19N7O4. The van der Waals surface area contributed by atoms with E-state index >= 15 is 0 Å². The third kappa shape index (κ3) is 3.82. The van der Waals surface area contributed by atoms with Gasteiger partial charge in [0.05, 0.1) is 16.8 Å². The van der Waals surface area contributed by atoms with Crippen molar-refractivity contribution in [1.82, 2.24) is 24.9 Å². The zero-order chi connectivity index (χ0) is 18.7. The number of carbonyl (C=O) groups excluding carboxylic acids is 2. The summed E-state index contributed by atoms with van der Waals surface area (Å²) in [5.41, 5.74) is -0.333. The number of nitrogens with zero attached hydrogens (tertiary/aromatic N) is 5. The molecule has 0 bridgehead atoms. The van der Waals surface area contributed by atoms with E-state index in [1.54, 1.807) is 7.05 Å². The summed E-state index contributed by atoms with van der Waals surface area (Å²) in [4.78, 5) is 35.1. The number of nitro groups is 1. The molecule has 2 amide bonds. The Balaban J connectivity index is 2.27. The van der Waals surface area contributed by atoms with Crippen LogP contribution in [-0.4, -0.2) is 42.8 Å². The molecule has 0 radical (unpaired) electrons. The first kappa shape index (κ1) is 18.1. The maximum Gasteiger partial charge on any atom is 0.320 e. The van der Waals surface area contributed by atoms with E-state index in [-0.39, 0.29) is 23.0 Å². The molecule has 0 aliphatic heterocycles. The lowest BCUT2D eigenvalue weighted by Crippen LogP contribution is -2.30. The first-order chi connectivity index (χ1) is 11.7. The van der Waals surface area contributed by atoms with Crippen LogP contribution in [0.3, 0.4) is 0 Å². The second-order valence-electron chi connectivity index (χ2n) is 5.85. The number of hydrogen-bond donors (Lipinski definition) is 2. The monoisotopic (exact) mass is 349 g/mol. The fourth-order valence-corrected chi connectivity index (χ4v) is 2.18. The molecule has 0 saturated heterocycles. The van der Waals surface area contributed by atoms with Crippen LogP contribution in [0.2, 0.25) is 0 Å². The molecule has 0 unspecified atom stereocenters. The Hall–Kier alpha value is -3.24. The van der Waals surface area contributed by atoms with E-state index in [9.17, 15) is 19.7 Å². The van der Waals surface area contributed by atoms with Gasteiger partial charge in [0.1, 0.15) is 11.9 Å². The summed E-state index contributed by atoms with van der Waals surface area (Å²) in [6, 6.07) is 0. The smallest absolute Gasteiger partial charge is 0.320 e. The van der Waals surface area contributed by atoms with Crippen molar-refractivity contribution in [2.24, 2.45) is 20.0 Å². The molecular weight excluding hydrogens is 330 g/mol. The van der Waals surface area contributed by atoms with Gasteiger partial charge in [-0.05, 0) is 5.92 Å². The van der Waals surface area contributed by atoms with Crippen molar-refractivity contribution in [2.75, 3.05) is 11.9 Å². The Labute approximate surface area is 143 Å². The fraction of sp³-hybridized carbons (Fsp3) is 0.429. The zero-order valence-corrected chi connectivity index (χ0v) is 14.3. The van der Waals surface area contributed by atoms with Crippen molar-refractivity contribution in [3.05, 3.63) is 33.9 Å². The van der Waals surface area contributed by atoms with Gasteiger partial charge in [-0.15, -0.1) is 0 Å². The summed E-state index contributed by atoms with van der Waals surface area (Å²) in [6.07, 6.45) is 2.30. The molecule has 0 atom stereocenters. The van der Waals surface area contributed by atoms with Gasteiger partial charge in [0, 0.05) is 20.6 Å². The summed E-state index contributed by atoms with van der Waals surface area (Å²) >= 11 is 0. The molecule has 11 heteroatoms. The van der Waals surface area contributed by atoms with Gasteiger partial charge in [-0.1, -0.05) is 13.8 Å².